The third kappa shape index (κ3) is 2.25. The van der Waals surface area contributed by atoms with E-state index in [0.29, 0.717) is 0 Å². The lowest BCUT2D eigenvalue weighted by molar-refractivity contribution is 0.664. The Morgan fingerprint density at radius 2 is 2.05 bits per heavy atom. The van der Waals surface area contributed by atoms with Crippen LogP contribution in [0.4, 0.5) is 5.69 Å². The lowest BCUT2D eigenvalue weighted by atomic mass is 10.1. The predicted octanol–water partition coefficient (Wildman–Crippen LogP) is 3.01. The highest BCUT2D eigenvalue weighted by atomic mass is 15.1. The lowest BCUT2D eigenvalue weighted by Crippen LogP contribution is -2.05. The van der Waals surface area contributed by atoms with Gasteiger partial charge in [0.1, 0.15) is 5.82 Å². The highest BCUT2D eigenvalue weighted by molar-refractivity contribution is 5.76. The molecule has 20 heavy (non-hydrogen) atoms. The number of pyridine rings is 1. The summed E-state index contributed by atoms with van der Waals surface area (Å²) in [6.45, 7) is 3.15. The van der Waals surface area contributed by atoms with Gasteiger partial charge >= 0.3 is 0 Å². The SMILES string of the molecule is CCCn1c(Cc2ccncc2N)nc2ccccc21. The summed E-state index contributed by atoms with van der Waals surface area (Å²) >= 11 is 0. The Balaban J connectivity index is 2.06. The molecule has 4 heteroatoms. The zero-order valence-electron chi connectivity index (χ0n) is 11.6. The van der Waals surface area contributed by atoms with E-state index in [1.807, 2.05) is 12.1 Å². The second-order valence-electron chi connectivity index (χ2n) is 4.92. The number of anilines is 1. The Kier molecular flexibility index (Phi) is 3.37. The fourth-order valence-corrected chi connectivity index (χ4v) is 2.50. The van der Waals surface area contributed by atoms with Crippen LogP contribution in [0.5, 0.6) is 0 Å². The molecule has 0 saturated carbocycles. The van der Waals surface area contributed by atoms with Crippen LogP contribution in [-0.4, -0.2) is 14.5 Å². The molecule has 2 heterocycles. The Hall–Kier alpha value is -2.36. The molecule has 0 bridgehead atoms. The molecule has 4 nitrogen and oxygen atoms in total. The second-order valence-corrected chi connectivity index (χ2v) is 4.92. The first-order chi connectivity index (χ1) is 9.79. The Labute approximate surface area is 118 Å². The van der Waals surface area contributed by atoms with Crippen LogP contribution in [0.1, 0.15) is 24.7 Å². The van der Waals surface area contributed by atoms with Crippen molar-refractivity contribution in [3.63, 3.8) is 0 Å². The Bertz CT molecular complexity index is 730. The van der Waals surface area contributed by atoms with Crippen molar-refractivity contribution in [2.75, 3.05) is 5.73 Å². The molecule has 0 aliphatic heterocycles. The fourth-order valence-electron chi connectivity index (χ4n) is 2.50. The summed E-state index contributed by atoms with van der Waals surface area (Å²) in [5.74, 6) is 1.06. The number of imidazole rings is 1. The number of nitrogens with two attached hydrogens (primary N) is 1. The molecule has 102 valence electrons. The zero-order valence-corrected chi connectivity index (χ0v) is 11.6. The third-order valence-corrected chi connectivity index (χ3v) is 3.48. The van der Waals surface area contributed by atoms with Crippen LogP contribution in [0.25, 0.3) is 11.0 Å². The molecular formula is C16H18N4. The molecule has 2 aromatic heterocycles. The minimum atomic E-state index is 0.725. The van der Waals surface area contributed by atoms with Crippen molar-refractivity contribution in [2.45, 2.75) is 26.3 Å². The van der Waals surface area contributed by atoms with E-state index < -0.39 is 0 Å². The molecule has 3 aromatic rings. The standard InChI is InChI=1S/C16H18N4/c1-2-9-20-15-6-4-3-5-14(15)19-16(20)10-12-7-8-18-11-13(12)17/h3-8,11H,2,9-10,17H2,1H3. The lowest BCUT2D eigenvalue weighted by Gasteiger charge is -2.09. The van der Waals surface area contributed by atoms with E-state index in [4.69, 9.17) is 10.7 Å². The van der Waals surface area contributed by atoms with E-state index in [1.165, 1.54) is 5.52 Å². The number of nitrogen functional groups attached to an aromatic ring is 1. The molecule has 0 aliphatic rings. The summed E-state index contributed by atoms with van der Waals surface area (Å²) in [4.78, 5) is 8.79. The summed E-state index contributed by atoms with van der Waals surface area (Å²) in [6.07, 6.45) is 5.29. The molecule has 0 aliphatic carbocycles. The van der Waals surface area contributed by atoms with Gasteiger partial charge < -0.3 is 10.3 Å². The summed E-state index contributed by atoms with van der Waals surface area (Å²) < 4.78 is 2.29. The molecule has 0 spiro atoms. The highest BCUT2D eigenvalue weighted by Crippen LogP contribution is 2.20. The minimum absolute atomic E-state index is 0.725. The maximum absolute atomic E-state index is 5.99. The maximum Gasteiger partial charge on any atom is 0.114 e. The summed E-state index contributed by atoms with van der Waals surface area (Å²) in [6, 6.07) is 10.2. The van der Waals surface area contributed by atoms with Gasteiger partial charge in [-0.1, -0.05) is 19.1 Å². The van der Waals surface area contributed by atoms with Crippen LogP contribution < -0.4 is 5.73 Å². The van der Waals surface area contributed by atoms with Crippen molar-refractivity contribution in [1.29, 1.82) is 0 Å². The van der Waals surface area contributed by atoms with Crippen LogP contribution in [0.15, 0.2) is 42.7 Å². The number of para-hydroxylation sites is 2. The van der Waals surface area contributed by atoms with Crippen molar-refractivity contribution in [1.82, 2.24) is 14.5 Å². The van der Waals surface area contributed by atoms with E-state index in [9.17, 15) is 0 Å². The summed E-state index contributed by atoms with van der Waals surface area (Å²) in [5, 5.41) is 0. The van der Waals surface area contributed by atoms with Gasteiger partial charge in [-0.3, -0.25) is 4.98 Å². The first kappa shape index (κ1) is 12.7. The van der Waals surface area contributed by atoms with E-state index in [0.717, 1.165) is 42.0 Å². The van der Waals surface area contributed by atoms with Gasteiger partial charge in [0.15, 0.2) is 0 Å². The number of hydrogen-bond donors (Lipinski definition) is 1. The molecule has 0 amide bonds. The van der Waals surface area contributed by atoms with E-state index in [1.54, 1.807) is 12.4 Å². The van der Waals surface area contributed by atoms with Gasteiger partial charge in [-0.2, -0.15) is 0 Å². The van der Waals surface area contributed by atoms with Crippen molar-refractivity contribution < 1.29 is 0 Å². The molecule has 1 aromatic carbocycles. The fraction of sp³-hybridized carbons (Fsp3) is 0.250. The van der Waals surface area contributed by atoms with Gasteiger partial charge in [0, 0.05) is 19.2 Å². The number of aromatic nitrogens is 3. The summed E-state index contributed by atoms with van der Waals surface area (Å²) in [5.41, 5.74) is 10.0. The van der Waals surface area contributed by atoms with Crippen molar-refractivity contribution in [3.8, 4) is 0 Å². The topological polar surface area (TPSA) is 56.7 Å². The van der Waals surface area contributed by atoms with Gasteiger partial charge in [0.2, 0.25) is 0 Å². The maximum atomic E-state index is 5.99. The number of benzene rings is 1. The van der Waals surface area contributed by atoms with E-state index >= 15 is 0 Å². The third-order valence-electron chi connectivity index (χ3n) is 3.48. The minimum Gasteiger partial charge on any atom is -0.397 e. The highest BCUT2D eigenvalue weighted by Gasteiger charge is 2.11. The predicted molar refractivity (Wildman–Crippen MR) is 81.5 cm³/mol. The molecule has 2 N–H and O–H groups in total. The largest absolute Gasteiger partial charge is 0.397 e. The monoisotopic (exact) mass is 266 g/mol. The number of rotatable bonds is 4. The van der Waals surface area contributed by atoms with Gasteiger partial charge in [-0.15, -0.1) is 0 Å². The molecule has 3 rings (SSSR count). The van der Waals surface area contributed by atoms with Gasteiger partial charge in [-0.05, 0) is 30.2 Å². The number of fused-ring (bicyclic) bond motifs is 1. The van der Waals surface area contributed by atoms with Crippen LogP contribution in [-0.2, 0) is 13.0 Å². The van der Waals surface area contributed by atoms with Gasteiger partial charge in [0.05, 0.1) is 22.9 Å². The van der Waals surface area contributed by atoms with E-state index in [-0.39, 0.29) is 0 Å². The summed E-state index contributed by atoms with van der Waals surface area (Å²) in [7, 11) is 0. The normalized spacial score (nSPS) is 11.1. The molecule has 0 unspecified atom stereocenters. The van der Waals surface area contributed by atoms with Gasteiger partial charge in [-0.25, -0.2) is 4.98 Å². The molecule has 0 radical (unpaired) electrons. The van der Waals surface area contributed by atoms with E-state index in [2.05, 4.69) is 34.7 Å². The Morgan fingerprint density at radius 3 is 2.85 bits per heavy atom. The van der Waals surface area contributed by atoms with Crippen molar-refractivity contribution in [2.24, 2.45) is 0 Å². The van der Waals surface area contributed by atoms with Crippen LogP contribution in [0.3, 0.4) is 0 Å². The molecule has 0 atom stereocenters. The first-order valence-electron chi connectivity index (χ1n) is 6.92. The number of nitrogens with zero attached hydrogens (tertiary/aromatic N) is 3. The van der Waals surface area contributed by atoms with Crippen LogP contribution in [0, 0.1) is 0 Å². The zero-order chi connectivity index (χ0) is 13.9. The quantitative estimate of drug-likeness (QED) is 0.789. The van der Waals surface area contributed by atoms with Crippen molar-refractivity contribution in [3.05, 3.63) is 54.1 Å². The van der Waals surface area contributed by atoms with Crippen LogP contribution >= 0.6 is 0 Å². The Morgan fingerprint density at radius 1 is 1.20 bits per heavy atom. The van der Waals surface area contributed by atoms with Gasteiger partial charge in [0.25, 0.3) is 0 Å². The van der Waals surface area contributed by atoms with Crippen LogP contribution in [0.2, 0.25) is 0 Å². The smallest absolute Gasteiger partial charge is 0.114 e. The molecule has 0 fully saturated rings. The second kappa shape index (κ2) is 5.33. The number of hydrogen-bond acceptors (Lipinski definition) is 3. The number of aryl methyl sites for hydroxylation is 1. The molecular weight excluding hydrogens is 248 g/mol. The molecule has 0 saturated heterocycles. The average Bonchev–Trinajstić information content (AvgIpc) is 2.80. The average molecular weight is 266 g/mol. The first-order valence-corrected chi connectivity index (χ1v) is 6.92. The van der Waals surface area contributed by atoms with Crippen molar-refractivity contribution >= 4 is 16.7 Å².